The number of benzene rings is 1. The van der Waals surface area contributed by atoms with Crippen LogP contribution in [-0.4, -0.2) is 29.3 Å². The zero-order valence-electron chi connectivity index (χ0n) is 9.84. The van der Waals surface area contributed by atoms with Crippen molar-refractivity contribution in [2.75, 3.05) is 18.0 Å². The van der Waals surface area contributed by atoms with Crippen LogP contribution >= 0.6 is 0 Å². The summed E-state index contributed by atoms with van der Waals surface area (Å²) in [6.07, 6.45) is 0.737. The first-order valence-electron chi connectivity index (χ1n) is 6.02. The summed E-state index contributed by atoms with van der Waals surface area (Å²) in [6, 6.07) is 8.45. The van der Waals surface area contributed by atoms with Crippen molar-refractivity contribution in [1.29, 1.82) is 0 Å². The fourth-order valence-electron chi connectivity index (χ4n) is 2.35. The smallest absolute Gasteiger partial charge is 0.298 e. The van der Waals surface area contributed by atoms with E-state index in [0.29, 0.717) is 11.9 Å². The van der Waals surface area contributed by atoms with Crippen LogP contribution in [0.4, 0.5) is 6.01 Å². The molecule has 1 N–H and O–H groups in total. The molecule has 2 atom stereocenters. The third-order valence-corrected chi connectivity index (χ3v) is 3.46. The summed E-state index contributed by atoms with van der Waals surface area (Å²) in [5.74, 6) is 0.324. The molecule has 2 heterocycles. The van der Waals surface area contributed by atoms with Gasteiger partial charge in [0.15, 0.2) is 5.58 Å². The van der Waals surface area contributed by atoms with Gasteiger partial charge >= 0.3 is 0 Å². The lowest BCUT2D eigenvalue weighted by molar-refractivity contribution is 0.136. The molecule has 2 aromatic rings. The third-order valence-electron chi connectivity index (χ3n) is 3.46. The third kappa shape index (κ3) is 1.89. The van der Waals surface area contributed by atoms with E-state index in [1.807, 2.05) is 31.2 Å². The molecule has 1 aromatic heterocycles. The molecule has 1 aliphatic heterocycles. The van der Waals surface area contributed by atoms with Crippen LogP contribution < -0.4 is 4.90 Å². The molecule has 1 aliphatic rings. The topological polar surface area (TPSA) is 49.5 Å². The fraction of sp³-hybridized carbons (Fsp3) is 0.462. The SMILES string of the molecule is CC(O)C1CCN(c2nc3ccccc3o2)C1. The van der Waals surface area contributed by atoms with Crippen LogP contribution in [-0.2, 0) is 0 Å². The highest BCUT2D eigenvalue weighted by molar-refractivity contribution is 5.74. The summed E-state index contributed by atoms with van der Waals surface area (Å²) in [5, 5.41) is 9.58. The van der Waals surface area contributed by atoms with Gasteiger partial charge in [0.1, 0.15) is 5.52 Å². The number of hydrogen-bond donors (Lipinski definition) is 1. The number of oxazole rings is 1. The summed E-state index contributed by atoms with van der Waals surface area (Å²) < 4.78 is 5.71. The average molecular weight is 232 g/mol. The van der Waals surface area contributed by atoms with Crippen molar-refractivity contribution in [2.24, 2.45) is 5.92 Å². The van der Waals surface area contributed by atoms with Gasteiger partial charge in [0, 0.05) is 19.0 Å². The molecule has 0 spiro atoms. The second kappa shape index (κ2) is 4.04. The number of aliphatic hydroxyl groups excluding tert-OH is 1. The van der Waals surface area contributed by atoms with E-state index < -0.39 is 0 Å². The van der Waals surface area contributed by atoms with E-state index in [-0.39, 0.29) is 6.10 Å². The molecule has 0 aliphatic carbocycles. The van der Waals surface area contributed by atoms with Gasteiger partial charge < -0.3 is 14.4 Å². The first kappa shape index (κ1) is 10.6. The van der Waals surface area contributed by atoms with Gasteiger partial charge in [-0.2, -0.15) is 4.98 Å². The number of fused-ring (bicyclic) bond motifs is 1. The normalized spacial score (nSPS) is 22.2. The molecule has 4 heteroatoms. The quantitative estimate of drug-likeness (QED) is 0.860. The van der Waals surface area contributed by atoms with Gasteiger partial charge in [-0.05, 0) is 25.5 Å². The highest BCUT2D eigenvalue weighted by Crippen LogP contribution is 2.27. The number of rotatable bonds is 2. The lowest BCUT2D eigenvalue weighted by Gasteiger charge is -2.15. The Hall–Kier alpha value is -1.55. The van der Waals surface area contributed by atoms with Crippen LogP contribution in [0.3, 0.4) is 0 Å². The van der Waals surface area contributed by atoms with Crippen molar-refractivity contribution in [3.8, 4) is 0 Å². The standard InChI is InChI=1S/C13H16N2O2/c1-9(16)10-6-7-15(8-10)13-14-11-4-2-3-5-12(11)17-13/h2-5,9-10,16H,6-8H2,1H3. The Balaban J connectivity index is 1.85. The molecule has 1 saturated heterocycles. The van der Waals surface area contributed by atoms with E-state index in [2.05, 4.69) is 9.88 Å². The first-order chi connectivity index (χ1) is 8.24. The Bertz CT molecular complexity index is 488. The summed E-state index contributed by atoms with van der Waals surface area (Å²) in [5.41, 5.74) is 1.71. The molecule has 0 amide bonds. The maximum absolute atomic E-state index is 9.58. The number of aliphatic hydroxyl groups is 1. The Morgan fingerprint density at radius 3 is 3.00 bits per heavy atom. The molecule has 0 radical (unpaired) electrons. The molecule has 2 unspecified atom stereocenters. The Morgan fingerprint density at radius 2 is 2.29 bits per heavy atom. The van der Waals surface area contributed by atoms with Crippen LogP contribution in [0.5, 0.6) is 0 Å². The minimum Gasteiger partial charge on any atom is -0.423 e. The molecular formula is C13H16N2O2. The summed E-state index contributed by atoms with van der Waals surface area (Å²) in [4.78, 5) is 6.57. The molecule has 17 heavy (non-hydrogen) atoms. The van der Waals surface area contributed by atoms with E-state index >= 15 is 0 Å². The molecule has 1 fully saturated rings. The maximum atomic E-state index is 9.58. The zero-order valence-corrected chi connectivity index (χ0v) is 9.84. The maximum Gasteiger partial charge on any atom is 0.298 e. The number of para-hydroxylation sites is 2. The van der Waals surface area contributed by atoms with Crippen LogP contribution in [0.25, 0.3) is 11.1 Å². The summed E-state index contributed by atoms with van der Waals surface area (Å²) >= 11 is 0. The van der Waals surface area contributed by atoms with Crippen LogP contribution in [0.1, 0.15) is 13.3 Å². The van der Waals surface area contributed by atoms with Crippen molar-refractivity contribution in [3.63, 3.8) is 0 Å². The van der Waals surface area contributed by atoms with E-state index in [4.69, 9.17) is 4.42 Å². The van der Waals surface area contributed by atoms with Crippen molar-refractivity contribution in [2.45, 2.75) is 19.4 Å². The molecular weight excluding hydrogens is 216 g/mol. The molecule has 1 aromatic carbocycles. The van der Waals surface area contributed by atoms with Crippen molar-refractivity contribution in [1.82, 2.24) is 4.98 Å². The highest BCUT2D eigenvalue weighted by Gasteiger charge is 2.28. The van der Waals surface area contributed by atoms with Gasteiger partial charge in [-0.25, -0.2) is 0 Å². The van der Waals surface area contributed by atoms with Gasteiger partial charge in [0.05, 0.1) is 6.10 Å². The zero-order chi connectivity index (χ0) is 11.8. The average Bonchev–Trinajstić information content (AvgIpc) is 2.95. The first-order valence-corrected chi connectivity index (χ1v) is 6.02. The van der Waals surface area contributed by atoms with Gasteiger partial charge in [-0.15, -0.1) is 0 Å². The molecule has 0 saturated carbocycles. The van der Waals surface area contributed by atoms with Crippen molar-refractivity contribution in [3.05, 3.63) is 24.3 Å². The second-order valence-electron chi connectivity index (χ2n) is 4.70. The molecule has 0 bridgehead atoms. The number of hydrogen-bond acceptors (Lipinski definition) is 4. The van der Waals surface area contributed by atoms with E-state index in [1.54, 1.807) is 0 Å². The largest absolute Gasteiger partial charge is 0.423 e. The monoisotopic (exact) mass is 232 g/mol. The van der Waals surface area contributed by atoms with E-state index in [1.165, 1.54) is 0 Å². The van der Waals surface area contributed by atoms with Gasteiger partial charge in [-0.1, -0.05) is 12.1 Å². The number of nitrogens with zero attached hydrogens (tertiary/aromatic N) is 2. The van der Waals surface area contributed by atoms with Crippen molar-refractivity contribution < 1.29 is 9.52 Å². The molecule has 90 valence electrons. The van der Waals surface area contributed by atoms with Crippen LogP contribution in [0.15, 0.2) is 28.7 Å². The second-order valence-corrected chi connectivity index (χ2v) is 4.70. The van der Waals surface area contributed by atoms with Gasteiger partial charge in [0.2, 0.25) is 0 Å². The van der Waals surface area contributed by atoms with Crippen LogP contribution in [0, 0.1) is 5.92 Å². The fourth-order valence-corrected chi connectivity index (χ4v) is 2.35. The minimum atomic E-state index is -0.260. The predicted molar refractivity (Wildman–Crippen MR) is 66.0 cm³/mol. The lowest BCUT2D eigenvalue weighted by Crippen LogP contribution is -2.23. The Kier molecular flexibility index (Phi) is 2.52. The molecule has 3 rings (SSSR count). The number of aromatic nitrogens is 1. The Labute approximate surface area is 99.9 Å². The van der Waals surface area contributed by atoms with Gasteiger partial charge in [0.25, 0.3) is 6.01 Å². The summed E-state index contributed by atoms with van der Waals surface area (Å²) in [6.45, 7) is 3.58. The highest BCUT2D eigenvalue weighted by atomic mass is 16.4. The van der Waals surface area contributed by atoms with E-state index in [0.717, 1.165) is 30.6 Å². The lowest BCUT2D eigenvalue weighted by atomic mass is 10.0. The van der Waals surface area contributed by atoms with Crippen molar-refractivity contribution >= 4 is 17.1 Å². The number of anilines is 1. The summed E-state index contributed by atoms with van der Waals surface area (Å²) in [7, 11) is 0. The predicted octanol–water partition coefficient (Wildman–Crippen LogP) is 2.03. The minimum absolute atomic E-state index is 0.260. The van der Waals surface area contributed by atoms with E-state index in [9.17, 15) is 5.11 Å². The van der Waals surface area contributed by atoms with Crippen LogP contribution in [0.2, 0.25) is 0 Å². The molecule has 4 nitrogen and oxygen atoms in total. The van der Waals surface area contributed by atoms with Gasteiger partial charge in [-0.3, -0.25) is 0 Å². The Morgan fingerprint density at radius 1 is 1.47 bits per heavy atom.